The summed E-state index contributed by atoms with van der Waals surface area (Å²) < 4.78 is 31.5. The second-order valence-electron chi connectivity index (χ2n) is 3.72. The molecule has 1 N–H and O–H groups in total. The summed E-state index contributed by atoms with van der Waals surface area (Å²) in [6.45, 7) is 0.738. The van der Waals surface area contributed by atoms with Gasteiger partial charge in [-0.25, -0.2) is 0 Å². The first kappa shape index (κ1) is 13.4. The minimum Gasteiger partial charge on any atom is -0.468 e. The van der Waals surface area contributed by atoms with Gasteiger partial charge in [0.2, 0.25) is 0 Å². The second-order valence-corrected chi connectivity index (χ2v) is 5.47. The topological polar surface area (TPSA) is 75.7 Å². The highest BCUT2D eigenvalue weighted by Gasteiger charge is 2.23. The molecule has 0 saturated carbocycles. The molecule has 0 spiro atoms. The molecule has 6 nitrogen and oxygen atoms in total. The molecule has 0 radical (unpaired) electrons. The summed E-state index contributed by atoms with van der Waals surface area (Å²) in [7, 11) is -2.30. The van der Waals surface area contributed by atoms with E-state index in [0.29, 0.717) is 13.1 Å². The standard InChI is InChI=1S/C9H18N2O4S/c1-15-9(12)8-10-16(13,14)11-6-4-2-3-5-7-11/h10H,2-8H2,1H3. The van der Waals surface area contributed by atoms with Crippen molar-refractivity contribution in [1.82, 2.24) is 9.03 Å². The number of nitrogens with zero attached hydrogens (tertiary/aromatic N) is 1. The van der Waals surface area contributed by atoms with Gasteiger partial charge >= 0.3 is 5.97 Å². The van der Waals surface area contributed by atoms with Gasteiger partial charge in [-0.05, 0) is 12.8 Å². The largest absolute Gasteiger partial charge is 0.468 e. The van der Waals surface area contributed by atoms with Gasteiger partial charge in [0.15, 0.2) is 0 Å². The van der Waals surface area contributed by atoms with Gasteiger partial charge < -0.3 is 4.74 Å². The molecule has 1 aliphatic rings. The fourth-order valence-corrected chi connectivity index (χ4v) is 2.82. The van der Waals surface area contributed by atoms with Crippen LogP contribution in [0.25, 0.3) is 0 Å². The molecule has 94 valence electrons. The number of ether oxygens (including phenoxy) is 1. The Hall–Kier alpha value is -0.660. The quantitative estimate of drug-likeness (QED) is 0.705. The lowest BCUT2D eigenvalue weighted by atomic mass is 10.2. The molecule has 16 heavy (non-hydrogen) atoms. The number of rotatable bonds is 4. The van der Waals surface area contributed by atoms with Crippen molar-refractivity contribution >= 4 is 16.2 Å². The zero-order valence-corrected chi connectivity index (χ0v) is 10.3. The summed E-state index contributed by atoms with van der Waals surface area (Å²) in [6.07, 6.45) is 3.87. The van der Waals surface area contributed by atoms with Crippen LogP contribution in [0.2, 0.25) is 0 Å². The fourth-order valence-electron chi connectivity index (χ4n) is 1.60. The molecule has 0 amide bonds. The van der Waals surface area contributed by atoms with Crippen molar-refractivity contribution in [2.24, 2.45) is 0 Å². The van der Waals surface area contributed by atoms with Crippen LogP contribution < -0.4 is 4.72 Å². The van der Waals surface area contributed by atoms with Crippen LogP contribution in [0.1, 0.15) is 25.7 Å². The average molecular weight is 250 g/mol. The van der Waals surface area contributed by atoms with E-state index in [-0.39, 0.29) is 6.54 Å². The molecule has 0 bridgehead atoms. The summed E-state index contributed by atoms with van der Waals surface area (Å²) in [6, 6.07) is 0. The zero-order valence-electron chi connectivity index (χ0n) is 9.44. The Labute approximate surface area is 96.1 Å². The second kappa shape index (κ2) is 6.17. The Bertz CT molecular complexity index is 320. The van der Waals surface area contributed by atoms with Gasteiger partial charge in [0.25, 0.3) is 10.2 Å². The fraction of sp³-hybridized carbons (Fsp3) is 0.889. The zero-order chi connectivity index (χ0) is 12.0. The predicted octanol–water partition coefficient (Wildman–Crippen LogP) is -0.130. The lowest BCUT2D eigenvalue weighted by Crippen LogP contribution is -2.43. The lowest BCUT2D eigenvalue weighted by molar-refractivity contribution is -0.139. The SMILES string of the molecule is COC(=O)CNS(=O)(=O)N1CCCCCC1. The Morgan fingerprint density at radius 3 is 2.31 bits per heavy atom. The number of hydrogen-bond acceptors (Lipinski definition) is 4. The molecule has 0 aromatic rings. The molecule has 7 heteroatoms. The first-order valence-corrected chi connectivity index (χ1v) is 6.82. The van der Waals surface area contributed by atoms with Gasteiger partial charge in [0.05, 0.1) is 7.11 Å². The van der Waals surface area contributed by atoms with E-state index < -0.39 is 16.2 Å². The van der Waals surface area contributed by atoms with E-state index in [2.05, 4.69) is 9.46 Å². The highest BCUT2D eigenvalue weighted by Crippen LogP contribution is 2.11. The summed E-state index contributed by atoms with van der Waals surface area (Å²) >= 11 is 0. The Kier molecular flexibility index (Phi) is 5.17. The van der Waals surface area contributed by atoms with Crippen molar-refractivity contribution < 1.29 is 17.9 Å². The first-order chi connectivity index (χ1) is 7.56. The molecule has 1 rings (SSSR count). The van der Waals surface area contributed by atoms with Gasteiger partial charge in [-0.3, -0.25) is 4.79 Å². The van der Waals surface area contributed by atoms with Crippen LogP contribution >= 0.6 is 0 Å². The minimum atomic E-state index is -3.53. The summed E-state index contributed by atoms with van der Waals surface area (Å²) in [5.41, 5.74) is 0. The number of methoxy groups -OCH3 is 1. The van der Waals surface area contributed by atoms with Crippen LogP contribution in [0.15, 0.2) is 0 Å². The monoisotopic (exact) mass is 250 g/mol. The highest BCUT2D eigenvalue weighted by molar-refractivity contribution is 7.87. The van der Waals surface area contributed by atoms with E-state index in [1.165, 1.54) is 11.4 Å². The lowest BCUT2D eigenvalue weighted by Gasteiger charge is -2.19. The molecule has 1 heterocycles. The summed E-state index contributed by atoms with van der Waals surface area (Å²) in [4.78, 5) is 10.8. The van der Waals surface area contributed by atoms with Crippen molar-refractivity contribution in [3.05, 3.63) is 0 Å². The number of esters is 1. The van der Waals surface area contributed by atoms with Gasteiger partial charge in [-0.15, -0.1) is 0 Å². The third kappa shape index (κ3) is 4.07. The maximum Gasteiger partial charge on any atom is 0.320 e. The number of nitrogens with one attached hydrogen (secondary N) is 1. The molecule has 0 aliphatic carbocycles. The first-order valence-electron chi connectivity index (χ1n) is 5.38. The van der Waals surface area contributed by atoms with Crippen LogP contribution in [0.4, 0.5) is 0 Å². The van der Waals surface area contributed by atoms with Crippen LogP contribution in [0.3, 0.4) is 0 Å². The molecule has 0 aromatic heterocycles. The van der Waals surface area contributed by atoms with Gasteiger partial charge in [-0.1, -0.05) is 12.8 Å². The van der Waals surface area contributed by atoms with Crippen LogP contribution in [0.5, 0.6) is 0 Å². The summed E-state index contributed by atoms with van der Waals surface area (Å²) in [5, 5.41) is 0. The van der Waals surface area contributed by atoms with Crippen molar-refractivity contribution in [3.63, 3.8) is 0 Å². The third-order valence-electron chi connectivity index (χ3n) is 2.53. The number of hydrogen-bond donors (Lipinski definition) is 1. The number of carbonyl (C=O) groups excluding carboxylic acids is 1. The van der Waals surface area contributed by atoms with Crippen LogP contribution in [-0.4, -0.2) is 45.4 Å². The van der Waals surface area contributed by atoms with E-state index in [1.807, 2.05) is 0 Å². The van der Waals surface area contributed by atoms with Crippen LogP contribution in [-0.2, 0) is 19.7 Å². The van der Waals surface area contributed by atoms with E-state index in [4.69, 9.17) is 0 Å². The van der Waals surface area contributed by atoms with Gasteiger partial charge in [-0.2, -0.15) is 17.4 Å². The Balaban J connectivity index is 2.51. The van der Waals surface area contributed by atoms with Crippen molar-refractivity contribution in [3.8, 4) is 0 Å². The van der Waals surface area contributed by atoms with Gasteiger partial charge in [0.1, 0.15) is 6.54 Å². The molecular weight excluding hydrogens is 232 g/mol. The van der Waals surface area contributed by atoms with E-state index >= 15 is 0 Å². The molecule has 1 aliphatic heterocycles. The van der Waals surface area contributed by atoms with E-state index in [0.717, 1.165) is 25.7 Å². The Morgan fingerprint density at radius 1 is 1.25 bits per heavy atom. The molecule has 1 saturated heterocycles. The maximum absolute atomic E-state index is 11.8. The average Bonchev–Trinajstić information content (AvgIpc) is 2.54. The van der Waals surface area contributed by atoms with Crippen molar-refractivity contribution in [2.75, 3.05) is 26.7 Å². The van der Waals surface area contributed by atoms with Crippen LogP contribution in [0, 0.1) is 0 Å². The smallest absolute Gasteiger partial charge is 0.320 e. The highest BCUT2D eigenvalue weighted by atomic mass is 32.2. The maximum atomic E-state index is 11.8. The van der Waals surface area contributed by atoms with Crippen molar-refractivity contribution in [1.29, 1.82) is 0 Å². The third-order valence-corrected chi connectivity index (χ3v) is 4.09. The minimum absolute atomic E-state index is 0.310. The molecule has 1 fully saturated rings. The number of carbonyl (C=O) groups is 1. The van der Waals surface area contributed by atoms with E-state index in [1.54, 1.807) is 0 Å². The van der Waals surface area contributed by atoms with Gasteiger partial charge in [0, 0.05) is 13.1 Å². The van der Waals surface area contributed by atoms with E-state index in [9.17, 15) is 13.2 Å². The summed E-state index contributed by atoms with van der Waals surface area (Å²) in [5.74, 6) is -0.585. The normalized spacial score (nSPS) is 19.1. The Morgan fingerprint density at radius 2 is 1.81 bits per heavy atom. The molecule has 0 aromatic carbocycles. The van der Waals surface area contributed by atoms with Crippen molar-refractivity contribution in [2.45, 2.75) is 25.7 Å². The molecule has 0 atom stereocenters. The predicted molar refractivity (Wildman–Crippen MR) is 59.0 cm³/mol. The molecule has 0 unspecified atom stereocenters. The molecular formula is C9H18N2O4S.